The predicted octanol–water partition coefficient (Wildman–Crippen LogP) is 2.14. The molecule has 0 amide bonds. The fourth-order valence-corrected chi connectivity index (χ4v) is 2.67. The molecule has 84 valence electrons. The molecule has 0 radical (unpaired) electrons. The Hall–Kier alpha value is 0.270. The SMILES string of the molecule is CCC(CSC)NC(C)C1CCOC1. The van der Waals surface area contributed by atoms with E-state index in [9.17, 15) is 0 Å². The van der Waals surface area contributed by atoms with Crippen LogP contribution in [0.25, 0.3) is 0 Å². The Morgan fingerprint density at radius 3 is 2.86 bits per heavy atom. The molecule has 1 fully saturated rings. The van der Waals surface area contributed by atoms with E-state index in [-0.39, 0.29) is 0 Å². The third-order valence-electron chi connectivity index (χ3n) is 3.03. The van der Waals surface area contributed by atoms with Crippen LogP contribution in [0.4, 0.5) is 0 Å². The number of nitrogens with one attached hydrogen (secondary N) is 1. The average Bonchev–Trinajstić information content (AvgIpc) is 2.69. The minimum absolute atomic E-state index is 0.606. The summed E-state index contributed by atoms with van der Waals surface area (Å²) in [5.74, 6) is 1.94. The Morgan fingerprint density at radius 2 is 2.36 bits per heavy atom. The molecule has 0 bridgehead atoms. The van der Waals surface area contributed by atoms with Crippen LogP contribution in [-0.4, -0.2) is 37.3 Å². The van der Waals surface area contributed by atoms with Crippen LogP contribution in [0.3, 0.4) is 0 Å². The summed E-state index contributed by atoms with van der Waals surface area (Å²) in [5, 5.41) is 3.71. The van der Waals surface area contributed by atoms with Crippen molar-refractivity contribution in [3.05, 3.63) is 0 Å². The molecule has 3 atom stereocenters. The van der Waals surface area contributed by atoms with Gasteiger partial charge in [0.25, 0.3) is 0 Å². The van der Waals surface area contributed by atoms with Crippen molar-refractivity contribution >= 4 is 11.8 Å². The number of thioether (sulfide) groups is 1. The molecule has 1 heterocycles. The van der Waals surface area contributed by atoms with Crippen molar-refractivity contribution in [3.63, 3.8) is 0 Å². The topological polar surface area (TPSA) is 21.3 Å². The molecule has 0 aromatic rings. The first kappa shape index (κ1) is 12.3. The lowest BCUT2D eigenvalue weighted by molar-refractivity contribution is 0.177. The highest BCUT2D eigenvalue weighted by Crippen LogP contribution is 2.17. The van der Waals surface area contributed by atoms with Crippen molar-refractivity contribution in [2.75, 3.05) is 25.2 Å². The lowest BCUT2D eigenvalue weighted by Crippen LogP contribution is -2.42. The fraction of sp³-hybridized carbons (Fsp3) is 1.00. The zero-order valence-corrected chi connectivity index (χ0v) is 10.4. The van der Waals surface area contributed by atoms with Gasteiger partial charge in [-0.1, -0.05) is 6.92 Å². The van der Waals surface area contributed by atoms with E-state index < -0.39 is 0 Å². The molecule has 1 aliphatic heterocycles. The Kier molecular flexibility index (Phi) is 5.90. The van der Waals surface area contributed by atoms with Crippen LogP contribution in [-0.2, 0) is 4.74 Å². The van der Waals surface area contributed by atoms with Crippen molar-refractivity contribution in [2.45, 2.75) is 38.8 Å². The zero-order valence-electron chi connectivity index (χ0n) is 9.58. The molecule has 0 aromatic carbocycles. The minimum atomic E-state index is 0.606. The molecule has 1 saturated heterocycles. The Morgan fingerprint density at radius 1 is 1.57 bits per heavy atom. The lowest BCUT2D eigenvalue weighted by Gasteiger charge is -2.25. The van der Waals surface area contributed by atoms with Crippen molar-refractivity contribution in [3.8, 4) is 0 Å². The maximum atomic E-state index is 5.41. The Balaban J connectivity index is 2.25. The van der Waals surface area contributed by atoms with Gasteiger partial charge in [-0.2, -0.15) is 11.8 Å². The second kappa shape index (κ2) is 6.70. The van der Waals surface area contributed by atoms with Crippen molar-refractivity contribution < 1.29 is 4.74 Å². The van der Waals surface area contributed by atoms with Crippen molar-refractivity contribution in [1.82, 2.24) is 5.32 Å². The normalized spacial score (nSPS) is 26.4. The van der Waals surface area contributed by atoms with Crippen LogP contribution < -0.4 is 5.32 Å². The summed E-state index contributed by atoms with van der Waals surface area (Å²) in [6, 6.07) is 1.27. The summed E-state index contributed by atoms with van der Waals surface area (Å²) in [5.41, 5.74) is 0. The van der Waals surface area contributed by atoms with E-state index in [1.165, 1.54) is 18.6 Å². The smallest absolute Gasteiger partial charge is 0.0509 e. The fourth-order valence-electron chi connectivity index (χ4n) is 1.94. The summed E-state index contributed by atoms with van der Waals surface area (Å²) in [6.07, 6.45) is 4.62. The molecule has 3 heteroatoms. The maximum Gasteiger partial charge on any atom is 0.0509 e. The van der Waals surface area contributed by atoms with Crippen molar-refractivity contribution in [2.24, 2.45) is 5.92 Å². The zero-order chi connectivity index (χ0) is 10.4. The summed E-state index contributed by atoms with van der Waals surface area (Å²) in [4.78, 5) is 0. The third-order valence-corrected chi connectivity index (χ3v) is 3.77. The van der Waals surface area contributed by atoms with Gasteiger partial charge in [-0.05, 0) is 31.9 Å². The molecule has 1 rings (SSSR count). The molecular formula is C11H23NOS. The summed E-state index contributed by atoms with van der Waals surface area (Å²) < 4.78 is 5.41. The minimum Gasteiger partial charge on any atom is -0.381 e. The molecular weight excluding hydrogens is 194 g/mol. The van der Waals surface area contributed by atoms with Crippen LogP contribution in [0.15, 0.2) is 0 Å². The first-order valence-electron chi connectivity index (χ1n) is 5.60. The van der Waals surface area contributed by atoms with Crippen LogP contribution in [0.5, 0.6) is 0 Å². The summed E-state index contributed by atoms with van der Waals surface area (Å²) in [6.45, 7) is 6.45. The molecule has 0 spiro atoms. The number of ether oxygens (including phenoxy) is 1. The van der Waals surface area contributed by atoms with Crippen LogP contribution in [0.1, 0.15) is 26.7 Å². The molecule has 0 aromatic heterocycles. The van der Waals surface area contributed by atoms with Gasteiger partial charge >= 0.3 is 0 Å². The third kappa shape index (κ3) is 3.79. The molecule has 1 aliphatic rings. The van der Waals surface area contributed by atoms with E-state index in [2.05, 4.69) is 25.4 Å². The monoisotopic (exact) mass is 217 g/mol. The van der Waals surface area contributed by atoms with Gasteiger partial charge in [0.1, 0.15) is 0 Å². The van der Waals surface area contributed by atoms with Crippen LogP contribution in [0, 0.1) is 5.92 Å². The number of hydrogen-bond acceptors (Lipinski definition) is 3. The highest BCUT2D eigenvalue weighted by atomic mass is 32.2. The van der Waals surface area contributed by atoms with Gasteiger partial charge in [0, 0.05) is 24.4 Å². The number of hydrogen-bond donors (Lipinski definition) is 1. The molecule has 3 unspecified atom stereocenters. The largest absolute Gasteiger partial charge is 0.381 e. The van der Waals surface area contributed by atoms with Gasteiger partial charge in [-0.25, -0.2) is 0 Å². The van der Waals surface area contributed by atoms with Crippen LogP contribution >= 0.6 is 11.8 Å². The van der Waals surface area contributed by atoms with E-state index >= 15 is 0 Å². The highest BCUT2D eigenvalue weighted by Gasteiger charge is 2.23. The van der Waals surface area contributed by atoms with Gasteiger partial charge in [0.15, 0.2) is 0 Å². The van der Waals surface area contributed by atoms with E-state index in [4.69, 9.17) is 4.74 Å². The van der Waals surface area contributed by atoms with Gasteiger partial charge in [0.2, 0.25) is 0 Å². The van der Waals surface area contributed by atoms with E-state index in [1.807, 2.05) is 11.8 Å². The highest BCUT2D eigenvalue weighted by molar-refractivity contribution is 7.98. The lowest BCUT2D eigenvalue weighted by atomic mass is 10.00. The van der Waals surface area contributed by atoms with Gasteiger partial charge in [-0.15, -0.1) is 0 Å². The van der Waals surface area contributed by atoms with Crippen molar-refractivity contribution in [1.29, 1.82) is 0 Å². The molecule has 0 aliphatic carbocycles. The quantitative estimate of drug-likeness (QED) is 0.736. The molecule has 2 nitrogen and oxygen atoms in total. The summed E-state index contributed by atoms with van der Waals surface area (Å²) >= 11 is 1.93. The Bertz CT molecular complexity index is 148. The van der Waals surface area contributed by atoms with E-state index in [0.29, 0.717) is 12.1 Å². The maximum absolute atomic E-state index is 5.41. The van der Waals surface area contributed by atoms with E-state index in [1.54, 1.807) is 0 Å². The molecule has 14 heavy (non-hydrogen) atoms. The average molecular weight is 217 g/mol. The first-order chi connectivity index (χ1) is 6.77. The second-order valence-electron chi connectivity index (χ2n) is 4.14. The second-order valence-corrected chi connectivity index (χ2v) is 5.05. The molecule has 1 N–H and O–H groups in total. The predicted molar refractivity (Wildman–Crippen MR) is 64.0 cm³/mol. The van der Waals surface area contributed by atoms with E-state index in [0.717, 1.165) is 19.1 Å². The van der Waals surface area contributed by atoms with Crippen LogP contribution in [0.2, 0.25) is 0 Å². The Labute approximate surface area is 92.2 Å². The van der Waals surface area contributed by atoms with Gasteiger partial charge in [-0.3, -0.25) is 0 Å². The first-order valence-corrected chi connectivity index (χ1v) is 7.00. The number of rotatable bonds is 6. The summed E-state index contributed by atoms with van der Waals surface area (Å²) in [7, 11) is 0. The molecule has 0 saturated carbocycles. The van der Waals surface area contributed by atoms with Gasteiger partial charge < -0.3 is 10.1 Å². The van der Waals surface area contributed by atoms with Gasteiger partial charge in [0.05, 0.1) is 6.61 Å². The standard InChI is InChI=1S/C11H23NOS/c1-4-11(8-14-3)12-9(2)10-5-6-13-7-10/h9-12H,4-8H2,1-3H3.